The Bertz CT molecular complexity index is 119. The molecule has 0 aromatic rings. The first-order valence-corrected chi connectivity index (χ1v) is 3.95. The Morgan fingerprint density at radius 2 is 2.25 bits per heavy atom. The van der Waals surface area contributed by atoms with Gasteiger partial charge in [-0.05, 0) is 6.42 Å². The Morgan fingerprint density at radius 3 is 2.83 bits per heavy atom. The van der Waals surface area contributed by atoms with Crippen molar-refractivity contribution in [2.45, 2.75) is 6.42 Å². The van der Waals surface area contributed by atoms with Crippen LogP contribution in [0.25, 0.3) is 0 Å². The second-order valence-corrected chi connectivity index (χ2v) is 2.20. The molecule has 0 radical (unpaired) electrons. The highest BCUT2D eigenvalue weighted by molar-refractivity contribution is 5.73. The molecule has 0 saturated heterocycles. The highest BCUT2D eigenvalue weighted by Crippen LogP contribution is 1.79. The molecular weight excluding hydrogens is 160 g/mol. The van der Waals surface area contributed by atoms with Gasteiger partial charge in [0.1, 0.15) is 0 Å². The molecule has 0 atom stereocenters. The summed E-state index contributed by atoms with van der Waals surface area (Å²) in [6.45, 7) is 1.55. The minimum atomic E-state index is -0.183. The SMILES string of the molecule is CNC(=O)NCCCOCCO. The maximum absolute atomic E-state index is 10.6. The zero-order valence-corrected chi connectivity index (χ0v) is 7.30. The van der Waals surface area contributed by atoms with Crippen LogP contribution in [0.2, 0.25) is 0 Å². The molecule has 0 aliphatic carbocycles. The molecule has 0 aliphatic rings. The van der Waals surface area contributed by atoms with Crippen LogP contribution in [0.4, 0.5) is 4.79 Å². The van der Waals surface area contributed by atoms with Crippen molar-refractivity contribution in [3.05, 3.63) is 0 Å². The van der Waals surface area contributed by atoms with Crippen molar-refractivity contribution in [2.24, 2.45) is 0 Å². The number of aliphatic hydroxyl groups excluding tert-OH is 1. The molecule has 0 aliphatic heterocycles. The minimum absolute atomic E-state index is 0.0445. The first-order chi connectivity index (χ1) is 5.81. The summed E-state index contributed by atoms with van der Waals surface area (Å²) in [6, 6.07) is -0.183. The number of carbonyl (C=O) groups is 1. The zero-order chi connectivity index (χ0) is 9.23. The Labute approximate surface area is 72.1 Å². The normalized spacial score (nSPS) is 9.50. The summed E-state index contributed by atoms with van der Waals surface area (Å²) in [5.41, 5.74) is 0. The third-order valence-corrected chi connectivity index (χ3v) is 1.21. The summed E-state index contributed by atoms with van der Waals surface area (Å²) < 4.78 is 4.98. The van der Waals surface area contributed by atoms with Crippen molar-refractivity contribution in [3.8, 4) is 0 Å². The van der Waals surface area contributed by atoms with Gasteiger partial charge in [0.15, 0.2) is 0 Å². The van der Waals surface area contributed by atoms with Crippen LogP contribution in [0.15, 0.2) is 0 Å². The van der Waals surface area contributed by atoms with E-state index in [2.05, 4.69) is 10.6 Å². The van der Waals surface area contributed by atoms with Crippen molar-refractivity contribution < 1.29 is 14.6 Å². The van der Waals surface area contributed by atoms with E-state index in [0.717, 1.165) is 6.42 Å². The van der Waals surface area contributed by atoms with Gasteiger partial charge in [0.25, 0.3) is 0 Å². The van der Waals surface area contributed by atoms with Crippen molar-refractivity contribution >= 4 is 6.03 Å². The van der Waals surface area contributed by atoms with Gasteiger partial charge in [-0.1, -0.05) is 0 Å². The van der Waals surface area contributed by atoms with E-state index in [1.807, 2.05) is 0 Å². The average molecular weight is 176 g/mol. The van der Waals surface area contributed by atoms with Crippen molar-refractivity contribution in [1.29, 1.82) is 0 Å². The summed E-state index contributed by atoms with van der Waals surface area (Å²) in [5, 5.41) is 13.4. The van der Waals surface area contributed by atoms with Gasteiger partial charge in [-0.25, -0.2) is 4.79 Å². The molecule has 0 rings (SSSR count). The van der Waals surface area contributed by atoms with Gasteiger partial charge in [0.2, 0.25) is 0 Å². The molecule has 0 spiro atoms. The third kappa shape index (κ3) is 7.30. The molecule has 5 heteroatoms. The topological polar surface area (TPSA) is 70.6 Å². The van der Waals surface area contributed by atoms with Crippen molar-refractivity contribution in [2.75, 3.05) is 33.4 Å². The second kappa shape index (κ2) is 8.29. The zero-order valence-electron chi connectivity index (χ0n) is 7.30. The predicted octanol–water partition coefficient (Wildman–Crippen LogP) is -0.686. The van der Waals surface area contributed by atoms with E-state index in [0.29, 0.717) is 19.8 Å². The molecule has 0 heterocycles. The fraction of sp³-hybridized carbons (Fsp3) is 0.857. The monoisotopic (exact) mass is 176 g/mol. The lowest BCUT2D eigenvalue weighted by Gasteiger charge is -2.04. The predicted molar refractivity (Wildman–Crippen MR) is 45.0 cm³/mol. The lowest BCUT2D eigenvalue weighted by molar-refractivity contribution is 0.0910. The molecule has 2 amide bonds. The van der Waals surface area contributed by atoms with Gasteiger partial charge in [-0.3, -0.25) is 0 Å². The molecule has 72 valence electrons. The molecule has 0 unspecified atom stereocenters. The molecule has 0 fully saturated rings. The number of carbonyl (C=O) groups excluding carboxylic acids is 1. The summed E-state index contributed by atoms with van der Waals surface area (Å²) in [7, 11) is 1.57. The second-order valence-electron chi connectivity index (χ2n) is 2.20. The van der Waals surface area contributed by atoms with E-state index in [1.165, 1.54) is 0 Å². The Kier molecular flexibility index (Phi) is 7.73. The Morgan fingerprint density at radius 1 is 1.50 bits per heavy atom. The molecule has 0 aromatic carbocycles. The molecule has 12 heavy (non-hydrogen) atoms. The first kappa shape index (κ1) is 11.2. The number of urea groups is 1. The number of rotatable bonds is 6. The van der Waals surface area contributed by atoms with Gasteiger partial charge >= 0.3 is 6.03 Å². The van der Waals surface area contributed by atoms with E-state index in [9.17, 15) is 4.79 Å². The van der Waals surface area contributed by atoms with Crippen molar-refractivity contribution in [3.63, 3.8) is 0 Å². The van der Waals surface area contributed by atoms with Crippen LogP contribution in [-0.2, 0) is 4.74 Å². The molecular formula is C7H16N2O3. The molecule has 0 bridgehead atoms. The van der Waals surface area contributed by atoms with Crippen molar-refractivity contribution in [1.82, 2.24) is 10.6 Å². The smallest absolute Gasteiger partial charge is 0.314 e. The van der Waals surface area contributed by atoms with Gasteiger partial charge in [-0.2, -0.15) is 0 Å². The highest BCUT2D eigenvalue weighted by atomic mass is 16.5. The highest BCUT2D eigenvalue weighted by Gasteiger charge is 1.93. The molecule has 0 saturated carbocycles. The largest absolute Gasteiger partial charge is 0.394 e. The van der Waals surface area contributed by atoms with Gasteiger partial charge in [0.05, 0.1) is 13.2 Å². The number of aliphatic hydroxyl groups is 1. The third-order valence-electron chi connectivity index (χ3n) is 1.21. The van der Waals surface area contributed by atoms with Crippen LogP contribution in [0.5, 0.6) is 0 Å². The molecule has 0 aromatic heterocycles. The maximum atomic E-state index is 10.6. The molecule has 5 nitrogen and oxygen atoms in total. The van der Waals surface area contributed by atoms with Crippen LogP contribution in [-0.4, -0.2) is 44.6 Å². The number of ether oxygens (including phenoxy) is 1. The van der Waals surface area contributed by atoms with E-state index in [-0.39, 0.29) is 12.6 Å². The van der Waals surface area contributed by atoms with E-state index < -0.39 is 0 Å². The minimum Gasteiger partial charge on any atom is -0.394 e. The van der Waals surface area contributed by atoms with Crippen LogP contribution in [0.3, 0.4) is 0 Å². The first-order valence-electron chi connectivity index (χ1n) is 3.95. The van der Waals surface area contributed by atoms with E-state index >= 15 is 0 Å². The quantitative estimate of drug-likeness (QED) is 0.469. The summed E-state index contributed by atoms with van der Waals surface area (Å²) in [6.07, 6.45) is 0.757. The number of hydrogen-bond acceptors (Lipinski definition) is 3. The van der Waals surface area contributed by atoms with E-state index in [1.54, 1.807) is 7.05 Å². The maximum Gasteiger partial charge on any atom is 0.314 e. The lowest BCUT2D eigenvalue weighted by atomic mass is 10.4. The van der Waals surface area contributed by atoms with Gasteiger partial charge in [0, 0.05) is 20.2 Å². The lowest BCUT2D eigenvalue weighted by Crippen LogP contribution is -2.33. The Balaban J connectivity index is 2.95. The number of amides is 2. The number of nitrogens with one attached hydrogen (secondary N) is 2. The van der Waals surface area contributed by atoms with E-state index in [4.69, 9.17) is 9.84 Å². The fourth-order valence-corrected chi connectivity index (χ4v) is 0.631. The molecule has 3 N–H and O–H groups in total. The summed E-state index contributed by atoms with van der Waals surface area (Å²) in [5.74, 6) is 0. The average Bonchev–Trinajstić information content (AvgIpc) is 2.10. The van der Waals surface area contributed by atoms with Crippen LogP contribution < -0.4 is 10.6 Å². The standard InChI is InChI=1S/C7H16N2O3/c1-8-7(11)9-3-2-5-12-6-4-10/h10H,2-6H2,1H3,(H2,8,9,11). The fourth-order valence-electron chi connectivity index (χ4n) is 0.631. The van der Waals surface area contributed by atoms with Crippen LogP contribution >= 0.6 is 0 Å². The summed E-state index contributed by atoms with van der Waals surface area (Å²) in [4.78, 5) is 10.6. The number of hydrogen-bond donors (Lipinski definition) is 3. The van der Waals surface area contributed by atoms with Gasteiger partial charge in [-0.15, -0.1) is 0 Å². The summed E-state index contributed by atoms with van der Waals surface area (Å²) >= 11 is 0. The Hall–Kier alpha value is -0.810. The van der Waals surface area contributed by atoms with Gasteiger partial charge < -0.3 is 20.5 Å². The van der Waals surface area contributed by atoms with Crippen LogP contribution in [0, 0.1) is 0 Å². The van der Waals surface area contributed by atoms with Crippen LogP contribution in [0.1, 0.15) is 6.42 Å².